The van der Waals surface area contributed by atoms with E-state index in [1.165, 1.54) is 49.6 Å². The van der Waals surface area contributed by atoms with Gasteiger partial charge in [-0.3, -0.25) is 4.98 Å². The van der Waals surface area contributed by atoms with Crippen molar-refractivity contribution in [2.24, 2.45) is 17.3 Å². The molecule has 2 aromatic carbocycles. The second-order valence-corrected chi connectivity index (χ2v) is 11.2. The molecule has 5 atom stereocenters. The summed E-state index contributed by atoms with van der Waals surface area (Å²) < 4.78 is 8.63. The Morgan fingerprint density at radius 1 is 1.03 bits per heavy atom. The Kier molecular flexibility index (Phi) is 4.97. The number of imidazole rings is 1. The molecule has 4 aromatic rings. The maximum atomic E-state index is 6.12. The van der Waals surface area contributed by atoms with Crippen molar-refractivity contribution in [1.82, 2.24) is 14.5 Å². The number of ether oxygens (including phenoxy) is 1. The van der Waals surface area contributed by atoms with E-state index in [1.807, 2.05) is 12.3 Å². The van der Waals surface area contributed by atoms with Crippen molar-refractivity contribution < 1.29 is 4.74 Å². The summed E-state index contributed by atoms with van der Waals surface area (Å²) in [4.78, 5) is 8.93. The van der Waals surface area contributed by atoms with Gasteiger partial charge in [-0.15, -0.1) is 0 Å². The van der Waals surface area contributed by atoms with Gasteiger partial charge in [0, 0.05) is 24.0 Å². The minimum Gasteiger partial charge on any atom is -0.489 e. The number of rotatable bonds is 4. The topological polar surface area (TPSA) is 39.9 Å². The van der Waals surface area contributed by atoms with Crippen molar-refractivity contribution in [1.29, 1.82) is 0 Å². The minimum atomic E-state index is 0.356. The fraction of sp³-hybridized carbons (Fsp3) is 0.419. The van der Waals surface area contributed by atoms with Gasteiger partial charge < -0.3 is 9.30 Å². The van der Waals surface area contributed by atoms with E-state index in [2.05, 4.69) is 71.3 Å². The zero-order valence-electron chi connectivity index (χ0n) is 20.4. The second-order valence-electron chi connectivity index (χ2n) is 11.2. The van der Waals surface area contributed by atoms with Crippen LogP contribution in [-0.2, 0) is 13.0 Å². The quantitative estimate of drug-likeness (QED) is 0.324. The van der Waals surface area contributed by atoms with Gasteiger partial charge >= 0.3 is 0 Å². The molecule has 35 heavy (non-hydrogen) atoms. The lowest BCUT2D eigenvalue weighted by molar-refractivity contribution is 0.0331. The summed E-state index contributed by atoms with van der Waals surface area (Å²) in [7, 11) is 0. The molecule has 4 nitrogen and oxygen atoms in total. The number of para-hydroxylation sites is 2. The molecule has 178 valence electrons. The molecule has 3 aliphatic carbocycles. The highest BCUT2D eigenvalue weighted by molar-refractivity contribution is 5.75. The fourth-order valence-electron chi connectivity index (χ4n) is 7.95. The largest absolute Gasteiger partial charge is 0.489 e. The van der Waals surface area contributed by atoms with E-state index >= 15 is 0 Å². The standard InChI is InChI=1S/C31H33N3O/c1-31-15-14-25-24-11-9-23(35-19-21-5-4-16-32-18-21)17-22(24)8-10-26(25)27(31)12-13-30(31)34-20-33-28-6-2-3-7-29(28)34/h2-7,9,11,16-18,20,25-27,30H,8,10,12-15,19H2,1H3/t25-,26-,27+,30?,31+/m1/s1. The van der Waals surface area contributed by atoms with Crippen molar-refractivity contribution >= 4 is 11.0 Å². The maximum absolute atomic E-state index is 6.12. The molecule has 0 N–H and O–H groups in total. The molecule has 2 aromatic heterocycles. The molecule has 4 heteroatoms. The number of aromatic nitrogens is 3. The Morgan fingerprint density at radius 3 is 2.89 bits per heavy atom. The molecule has 3 aliphatic rings. The number of pyridine rings is 1. The van der Waals surface area contributed by atoms with Gasteiger partial charge in [0.05, 0.1) is 17.4 Å². The van der Waals surface area contributed by atoms with Gasteiger partial charge in [-0.1, -0.05) is 31.2 Å². The van der Waals surface area contributed by atoms with Crippen LogP contribution >= 0.6 is 0 Å². The SMILES string of the molecule is C[C@]12CC[C@@H]3c4ccc(OCc5cccnc5)cc4CC[C@H]3[C@@H]1CCC2n1cnc2ccccc21. The van der Waals surface area contributed by atoms with Crippen molar-refractivity contribution in [3.63, 3.8) is 0 Å². The highest BCUT2D eigenvalue weighted by Crippen LogP contribution is 2.64. The molecule has 0 spiro atoms. The lowest BCUT2D eigenvalue weighted by Crippen LogP contribution is -2.42. The Morgan fingerprint density at radius 2 is 1.97 bits per heavy atom. The zero-order valence-corrected chi connectivity index (χ0v) is 20.4. The van der Waals surface area contributed by atoms with Crippen LogP contribution in [0, 0.1) is 17.3 Å². The smallest absolute Gasteiger partial charge is 0.120 e. The van der Waals surface area contributed by atoms with Crippen molar-refractivity contribution in [2.45, 2.75) is 64.0 Å². The number of benzene rings is 2. The average molecular weight is 464 g/mol. The second kappa shape index (κ2) is 8.22. The Hall–Kier alpha value is -3.14. The minimum absolute atomic E-state index is 0.356. The monoisotopic (exact) mass is 463 g/mol. The highest BCUT2D eigenvalue weighted by atomic mass is 16.5. The van der Waals surface area contributed by atoms with Crippen LogP contribution < -0.4 is 4.74 Å². The molecule has 1 unspecified atom stereocenters. The predicted molar refractivity (Wildman–Crippen MR) is 138 cm³/mol. The molecule has 7 rings (SSSR count). The van der Waals surface area contributed by atoms with Gasteiger partial charge in [-0.05, 0) is 103 Å². The van der Waals surface area contributed by atoms with Gasteiger partial charge in [0.25, 0.3) is 0 Å². The molecule has 2 saturated carbocycles. The average Bonchev–Trinajstić information content (AvgIpc) is 3.48. The molecular formula is C31H33N3O. The summed E-state index contributed by atoms with van der Waals surface area (Å²) >= 11 is 0. The molecule has 2 heterocycles. The van der Waals surface area contributed by atoms with Gasteiger partial charge in [0.1, 0.15) is 12.4 Å². The van der Waals surface area contributed by atoms with Crippen molar-refractivity contribution in [2.75, 3.05) is 0 Å². The molecule has 0 amide bonds. The lowest BCUT2D eigenvalue weighted by atomic mass is 9.55. The Labute approximate surface area is 207 Å². The van der Waals surface area contributed by atoms with E-state index in [-0.39, 0.29) is 0 Å². The van der Waals surface area contributed by atoms with Gasteiger partial charge in [0.2, 0.25) is 0 Å². The first kappa shape index (κ1) is 21.2. The van der Waals surface area contributed by atoms with Crippen LogP contribution in [0.25, 0.3) is 11.0 Å². The number of hydrogen-bond acceptors (Lipinski definition) is 3. The molecule has 0 radical (unpaired) electrons. The van der Waals surface area contributed by atoms with E-state index in [4.69, 9.17) is 9.72 Å². The first-order valence-electron chi connectivity index (χ1n) is 13.3. The summed E-state index contributed by atoms with van der Waals surface area (Å²) in [6.45, 7) is 3.16. The van der Waals surface area contributed by atoms with Gasteiger partial charge in [-0.25, -0.2) is 4.98 Å². The van der Waals surface area contributed by atoms with Gasteiger partial charge in [-0.2, -0.15) is 0 Å². The number of fused-ring (bicyclic) bond motifs is 6. The summed E-state index contributed by atoms with van der Waals surface area (Å²) in [5, 5.41) is 0. The number of nitrogens with zero attached hydrogens (tertiary/aromatic N) is 3. The van der Waals surface area contributed by atoms with Crippen LogP contribution in [0.15, 0.2) is 73.3 Å². The molecular weight excluding hydrogens is 430 g/mol. The predicted octanol–water partition coefficient (Wildman–Crippen LogP) is 7.11. The third-order valence-corrected chi connectivity index (χ3v) is 9.59. The normalized spacial score (nSPS) is 29.4. The molecule has 2 fully saturated rings. The van der Waals surface area contributed by atoms with Gasteiger partial charge in [0.15, 0.2) is 0 Å². The van der Waals surface area contributed by atoms with Crippen LogP contribution in [0.4, 0.5) is 0 Å². The van der Waals surface area contributed by atoms with Crippen LogP contribution in [0.3, 0.4) is 0 Å². The molecule has 0 aliphatic heterocycles. The van der Waals surface area contributed by atoms with Crippen LogP contribution in [0.5, 0.6) is 5.75 Å². The van der Waals surface area contributed by atoms with E-state index < -0.39 is 0 Å². The Balaban J connectivity index is 1.12. The van der Waals surface area contributed by atoms with Crippen molar-refractivity contribution in [3.05, 3.63) is 90.0 Å². The van der Waals surface area contributed by atoms with Crippen molar-refractivity contribution in [3.8, 4) is 5.75 Å². The zero-order chi connectivity index (χ0) is 23.4. The van der Waals surface area contributed by atoms with E-state index in [9.17, 15) is 0 Å². The summed E-state index contributed by atoms with van der Waals surface area (Å²) in [5.41, 5.74) is 6.99. The Bertz CT molecular complexity index is 1360. The lowest BCUT2D eigenvalue weighted by Gasteiger charge is -2.51. The van der Waals surface area contributed by atoms with E-state index in [1.54, 1.807) is 11.8 Å². The fourth-order valence-corrected chi connectivity index (χ4v) is 7.95. The maximum Gasteiger partial charge on any atom is 0.120 e. The summed E-state index contributed by atoms with van der Waals surface area (Å²) in [6.07, 6.45) is 13.5. The van der Waals surface area contributed by atoms with Crippen LogP contribution in [-0.4, -0.2) is 14.5 Å². The van der Waals surface area contributed by atoms with Crippen LogP contribution in [0.1, 0.15) is 67.7 Å². The first-order valence-corrected chi connectivity index (χ1v) is 13.3. The molecule has 0 bridgehead atoms. The first-order chi connectivity index (χ1) is 17.2. The number of aryl methyl sites for hydroxylation is 1. The van der Waals surface area contributed by atoms with Crippen LogP contribution in [0.2, 0.25) is 0 Å². The summed E-state index contributed by atoms with van der Waals surface area (Å²) in [5.74, 6) is 3.27. The third kappa shape index (κ3) is 3.41. The third-order valence-electron chi connectivity index (χ3n) is 9.59. The summed E-state index contributed by atoms with van der Waals surface area (Å²) in [6, 6.07) is 20.1. The molecule has 0 saturated heterocycles. The van der Waals surface area contributed by atoms with E-state index in [0.717, 1.165) is 28.7 Å². The number of hydrogen-bond donors (Lipinski definition) is 0. The highest BCUT2D eigenvalue weighted by Gasteiger charge is 2.55. The van der Waals surface area contributed by atoms with E-state index in [0.29, 0.717) is 24.0 Å².